The van der Waals surface area contributed by atoms with Crippen molar-refractivity contribution in [2.75, 3.05) is 38.3 Å². The van der Waals surface area contributed by atoms with Crippen molar-refractivity contribution in [3.05, 3.63) is 66.0 Å². The predicted molar refractivity (Wildman–Crippen MR) is 130 cm³/mol. The topological polar surface area (TPSA) is 83.4 Å². The minimum Gasteiger partial charge on any atom is -0.345 e. The highest BCUT2D eigenvalue weighted by molar-refractivity contribution is 7.99. The second-order valence-corrected chi connectivity index (χ2v) is 9.11. The highest BCUT2D eigenvalue weighted by Crippen LogP contribution is 2.24. The summed E-state index contributed by atoms with van der Waals surface area (Å²) in [5, 5.41) is 12.4. The number of nitrogens with zero attached hydrogens (tertiary/aromatic N) is 5. The summed E-state index contributed by atoms with van der Waals surface area (Å²) in [5.74, 6) is 0.864. The molecule has 4 rings (SSSR count). The zero-order chi connectivity index (χ0) is 23.2. The first-order valence-electron chi connectivity index (χ1n) is 11.0. The molecule has 1 fully saturated rings. The Morgan fingerprint density at radius 1 is 1.00 bits per heavy atom. The zero-order valence-electron chi connectivity index (χ0n) is 18.9. The van der Waals surface area contributed by atoms with Gasteiger partial charge in [-0.15, -0.1) is 10.2 Å². The molecule has 1 N–H and O–H groups in total. The Balaban J connectivity index is 1.42. The van der Waals surface area contributed by atoms with Crippen molar-refractivity contribution in [2.24, 2.45) is 0 Å². The quantitative estimate of drug-likeness (QED) is 0.515. The second kappa shape index (κ2) is 10.6. The van der Waals surface area contributed by atoms with E-state index >= 15 is 0 Å². The van der Waals surface area contributed by atoms with Crippen molar-refractivity contribution in [3.63, 3.8) is 0 Å². The van der Waals surface area contributed by atoms with Crippen LogP contribution in [0.5, 0.6) is 0 Å². The second-order valence-electron chi connectivity index (χ2n) is 8.17. The lowest BCUT2D eigenvalue weighted by Crippen LogP contribution is -2.21. The number of carbonyl (C=O) groups excluding carboxylic acids is 2. The molecule has 0 saturated carbocycles. The number of amides is 2. The van der Waals surface area contributed by atoms with Gasteiger partial charge in [-0.25, -0.2) is 0 Å². The fourth-order valence-electron chi connectivity index (χ4n) is 3.75. The maximum Gasteiger partial charge on any atom is 0.253 e. The van der Waals surface area contributed by atoms with Gasteiger partial charge in [-0.2, -0.15) is 0 Å². The van der Waals surface area contributed by atoms with E-state index in [4.69, 9.17) is 0 Å². The molecule has 1 aliphatic rings. The number of thioether (sulfide) groups is 1. The predicted octanol–water partition coefficient (Wildman–Crippen LogP) is 3.30. The highest BCUT2D eigenvalue weighted by Gasteiger charge is 2.20. The molecule has 2 amide bonds. The summed E-state index contributed by atoms with van der Waals surface area (Å²) in [5.41, 5.74) is 2.21. The van der Waals surface area contributed by atoms with Crippen LogP contribution in [0.15, 0.2) is 59.8 Å². The minimum absolute atomic E-state index is 0.0755. The van der Waals surface area contributed by atoms with E-state index in [1.54, 1.807) is 38.4 Å². The van der Waals surface area contributed by atoms with Gasteiger partial charge in [-0.3, -0.25) is 19.1 Å². The molecule has 3 aromatic rings. The molecule has 2 aromatic carbocycles. The third-order valence-electron chi connectivity index (χ3n) is 5.43. The monoisotopic (exact) mass is 464 g/mol. The number of nitrogens with one attached hydrogen (secondary N) is 1. The smallest absolute Gasteiger partial charge is 0.253 e. The van der Waals surface area contributed by atoms with Crippen LogP contribution in [0.3, 0.4) is 0 Å². The maximum atomic E-state index is 12.6. The van der Waals surface area contributed by atoms with Crippen LogP contribution in [-0.2, 0) is 11.3 Å². The van der Waals surface area contributed by atoms with Gasteiger partial charge in [0.1, 0.15) is 0 Å². The van der Waals surface area contributed by atoms with E-state index in [1.165, 1.54) is 29.5 Å². The number of hydrogen-bond donors (Lipinski definition) is 1. The third kappa shape index (κ3) is 5.80. The van der Waals surface area contributed by atoms with Gasteiger partial charge < -0.3 is 10.2 Å². The summed E-state index contributed by atoms with van der Waals surface area (Å²) >= 11 is 1.36. The molecule has 0 aliphatic carbocycles. The summed E-state index contributed by atoms with van der Waals surface area (Å²) in [4.78, 5) is 28.5. The first-order valence-corrected chi connectivity index (χ1v) is 12.0. The molecule has 0 atom stereocenters. The SMILES string of the molecule is CN(C)C(=O)c1ccc(NC(=O)CSc2nnc(CN3CCCC3)n2-c2ccccc2)cc1. The van der Waals surface area contributed by atoms with Crippen LogP contribution in [0.1, 0.15) is 29.0 Å². The van der Waals surface area contributed by atoms with E-state index in [0.29, 0.717) is 16.4 Å². The first kappa shape index (κ1) is 23.0. The van der Waals surface area contributed by atoms with Gasteiger partial charge in [0.2, 0.25) is 5.91 Å². The van der Waals surface area contributed by atoms with Crippen LogP contribution in [0, 0.1) is 0 Å². The zero-order valence-corrected chi connectivity index (χ0v) is 19.7. The minimum atomic E-state index is -0.143. The first-order chi connectivity index (χ1) is 16.0. The van der Waals surface area contributed by atoms with Crippen molar-refractivity contribution < 1.29 is 9.59 Å². The number of anilines is 1. The van der Waals surface area contributed by atoms with E-state index in [-0.39, 0.29) is 17.6 Å². The van der Waals surface area contributed by atoms with E-state index < -0.39 is 0 Å². The molecule has 1 aromatic heterocycles. The molecular weight excluding hydrogens is 436 g/mol. The van der Waals surface area contributed by atoms with E-state index in [1.807, 2.05) is 34.9 Å². The molecule has 8 nitrogen and oxygen atoms in total. The van der Waals surface area contributed by atoms with Crippen molar-refractivity contribution >= 4 is 29.3 Å². The van der Waals surface area contributed by atoms with E-state index in [9.17, 15) is 9.59 Å². The molecule has 0 unspecified atom stereocenters. The Bertz CT molecular complexity index is 1090. The molecule has 33 heavy (non-hydrogen) atoms. The molecule has 172 valence electrons. The maximum absolute atomic E-state index is 12.6. The lowest BCUT2D eigenvalue weighted by molar-refractivity contribution is -0.113. The standard InChI is InChI=1S/C24H28N6O2S/c1-28(2)23(32)18-10-12-19(13-11-18)25-22(31)17-33-24-27-26-21(16-29-14-6-7-15-29)30(24)20-8-4-3-5-9-20/h3-5,8-13H,6-7,14-17H2,1-2H3,(H,25,31). The number of aromatic nitrogens is 3. The van der Waals surface area contributed by atoms with Crippen LogP contribution in [0.4, 0.5) is 5.69 Å². The van der Waals surface area contributed by atoms with Crippen molar-refractivity contribution in [3.8, 4) is 5.69 Å². The van der Waals surface area contributed by atoms with Gasteiger partial charge in [0.25, 0.3) is 5.91 Å². The molecule has 0 bridgehead atoms. The summed E-state index contributed by atoms with van der Waals surface area (Å²) < 4.78 is 2.04. The van der Waals surface area contributed by atoms with Crippen LogP contribution in [-0.4, -0.2) is 69.3 Å². The van der Waals surface area contributed by atoms with Gasteiger partial charge in [0.05, 0.1) is 12.3 Å². The molecular formula is C24H28N6O2S. The van der Waals surface area contributed by atoms with Crippen LogP contribution in [0.2, 0.25) is 0 Å². The molecule has 1 aliphatic heterocycles. The van der Waals surface area contributed by atoms with Crippen LogP contribution >= 0.6 is 11.8 Å². The van der Waals surface area contributed by atoms with Gasteiger partial charge >= 0.3 is 0 Å². The molecule has 0 radical (unpaired) electrons. The number of benzene rings is 2. The van der Waals surface area contributed by atoms with Crippen LogP contribution in [0.25, 0.3) is 5.69 Å². The van der Waals surface area contributed by atoms with Crippen molar-refractivity contribution in [1.29, 1.82) is 0 Å². The Labute approximate surface area is 198 Å². The Morgan fingerprint density at radius 3 is 2.36 bits per heavy atom. The number of rotatable bonds is 8. The van der Waals surface area contributed by atoms with E-state index in [2.05, 4.69) is 20.4 Å². The molecule has 1 saturated heterocycles. The molecule has 0 spiro atoms. The molecule has 9 heteroatoms. The highest BCUT2D eigenvalue weighted by atomic mass is 32.2. The fourth-order valence-corrected chi connectivity index (χ4v) is 4.53. The summed E-state index contributed by atoms with van der Waals surface area (Å²) in [6.07, 6.45) is 2.43. The summed E-state index contributed by atoms with van der Waals surface area (Å²) in [6.45, 7) is 2.89. The van der Waals surface area contributed by atoms with Gasteiger partial charge in [-0.1, -0.05) is 30.0 Å². The summed E-state index contributed by atoms with van der Waals surface area (Å²) in [6, 6.07) is 16.9. The Morgan fingerprint density at radius 2 is 1.70 bits per heavy atom. The number of para-hydroxylation sites is 1. The van der Waals surface area contributed by atoms with Crippen LogP contribution < -0.4 is 5.32 Å². The average Bonchev–Trinajstić information content (AvgIpc) is 3.48. The van der Waals surface area contributed by atoms with E-state index in [0.717, 1.165) is 31.1 Å². The number of hydrogen-bond acceptors (Lipinski definition) is 6. The Hall–Kier alpha value is -3.17. The summed E-state index contributed by atoms with van der Waals surface area (Å²) in [7, 11) is 3.42. The normalized spacial score (nSPS) is 13.8. The number of likely N-dealkylation sites (tertiary alicyclic amines) is 1. The van der Waals surface area contributed by atoms with Gasteiger partial charge in [0.15, 0.2) is 11.0 Å². The average molecular weight is 465 g/mol. The number of carbonyl (C=O) groups is 2. The van der Waals surface area contributed by atoms with Crippen molar-refractivity contribution in [1.82, 2.24) is 24.6 Å². The lowest BCUT2D eigenvalue weighted by atomic mass is 10.2. The molecule has 2 heterocycles. The third-order valence-corrected chi connectivity index (χ3v) is 6.36. The van der Waals surface area contributed by atoms with Crippen molar-refractivity contribution in [2.45, 2.75) is 24.5 Å². The Kier molecular flexibility index (Phi) is 7.41. The van der Waals surface area contributed by atoms with Gasteiger partial charge in [0, 0.05) is 31.0 Å². The van der Waals surface area contributed by atoms with Gasteiger partial charge in [-0.05, 0) is 62.3 Å². The fraction of sp³-hybridized carbons (Fsp3) is 0.333. The largest absolute Gasteiger partial charge is 0.345 e. The lowest BCUT2D eigenvalue weighted by Gasteiger charge is -2.16.